The third kappa shape index (κ3) is 3.67. The topological polar surface area (TPSA) is 51.2 Å². The second-order valence-corrected chi connectivity index (χ2v) is 7.08. The van der Waals surface area contributed by atoms with Crippen LogP contribution in [0.3, 0.4) is 0 Å². The van der Waals surface area contributed by atoms with Gasteiger partial charge in [-0.1, -0.05) is 50.6 Å². The fourth-order valence-corrected chi connectivity index (χ4v) is 3.44. The Hall–Kier alpha value is -1.16. The smallest absolute Gasteiger partial charge is 0.180 e. The number of carbonyl (C=O) groups excluding carboxylic acids is 1. The molecule has 0 fully saturated rings. The molecule has 0 aliphatic rings. The van der Waals surface area contributed by atoms with Gasteiger partial charge in [0.15, 0.2) is 15.6 Å². The minimum atomic E-state index is -3.37. The molecule has 0 aliphatic carbocycles. The summed E-state index contributed by atoms with van der Waals surface area (Å²) >= 11 is 0. The first kappa shape index (κ1) is 14.9. The normalized spacial score (nSPS) is 15.1. The van der Waals surface area contributed by atoms with Gasteiger partial charge in [0.1, 0.15) is 5.25 Å². The van der Waals surface area contributed by atoms with Gasteiger partial charge in [-0.3, -0.25) is 4.79 Å². The molecule has 0 saturated carbocycles. The number of sulfone groups is 1. The van der Waals surface area contributed by atoms with Gasteiger partial charge in [-0.25, -0.2) is 8.42 Å². The van der Waals surface area contributed by atoms with Gasteiger partial charge in [-0.2, -0.15) is 0 Å². The predicted octanol–water partition coefficient (Wildman–Crippen LogP) is 2.72. The highest BCUT2D eigenvalue weighted by Crippen LogP contribution is 2.15. The maximum absolute atomic E-state index is 12.1. The van der Waals surface area contributed by atoms with Crippen LogP contribution < -0.4 is 0 Å². The number of rotatable bonds is 6. The van der Waals surface area contributed by atoms with Gasteiger partial charge in [0, 0.05) is 5.56 Å². The number of benzene rings is 1. The molecule has 18 heavy (non-hydrogen) atoms. The van der Waals surface area contributed by atoms with Crippen molar-refractivity contribution in [1.29, 1.82) is 0 Å². The number of hydrogen-bond donors (Lipinski definition) is 0. The van der Waals surface area contributed by atoms with Crippen LogP contribution >= 0.6 is 0 Å². The Morgan fingerprint density at radius 2 is 1.72 bits per heavy atom. The first-order valence-corrected chi connectivity index (χ1v) is 7.90. The molecular weight excluding hydrogens is 248 g/mol. The summed E-state index contributed by atoms with van der Waals surface area (Å²) in [4.78, 5) is 12.1. The van der Waals surface area contributed by atoms with Crippen molar-refractivity contribution in [3.63, 3.8) is 0 Å². The van der Waals surface area contributed by atoms with Crippen LogP contribution in [-0.4, -0.2) is 25.2 Å². The summed E-state index contributed by atoms with van der Waals surface area (Å²) in [5, 5.41) is -0.964. The second kappa shape index (κ2) is 6.14. The lowest BCUT2D eigenvalue weighted by Gasteiger charge is -2.15. The highest BCUT2D eigenvalue weighted by Gasteiger charge is 2.29. The maximum Gasteiger partial charge on any atom is 0.180 e. The fraction of sp³-hybridized carbons (Fsp3) is 0.500. The Morgan fingerprint density at radius 3 is 2.22 bits per heavy atom. The van der Waals surface area contributed by atoms with Crippen molar-refractivity contribution in [2.24, 2.45) is 5.92 Å². The van der Waals surface area contributed by atoms with Crippen LogP contribution in [0.1, 0.15) is 37.6 Å². The summed E-state index contributed by atoms with van der Waals surface area (Å²) in [6.07, 6.45) is 0.797. The molecule has 1 aromatic rings. The summed E-state index contributed by atoms with van der Waals surface area (Å²) in [5.74, 6) is -0.164. The monoisotopic (exact) mass is 268 g/mol. The van der Waals surface area contributed by atoms with E-state index in [4.69, 9.17) is 0 Å². The van der Waals surface area contributed by atoms with E-state index in [9.17, 15) is 13.2 Å². The first-order valence-electron chi connectivity index (χ1n) is 6.19. The maximum atomic E-state index is 12.1. The summed E-state index contributed by atoms with van der Waals surface area (Å²) in [6.45, 7) is 5.31. The van der Waals surface area contributed by atoms with Crippen LogP contribution in [0.25, 0.3) is 0 Å². The SMILES string of the molecule is CCC(C)CS(=O)(=O)C(C)C(=O)c1ccccc1. The van der Waals surface area contributed by atoms with Gasteiger partial charge in [0.25, 0.3) is 0 Å². The van der Waals surface area contributed by atoms with E-state index < -0.39 is 15.1 Å². The minimum Gasteiger partial charge on any atom is -0.293 e. The lowest BCUT2D eigenvalue weighted by atomic mass is 10.1. The standard InChI is InChI=1S/C14H20O3S/c1-4-11(2)10-18(16,17)12(3)14(15)13-8-6-5-7-9-13/h5-9,11-12H,4,10H2,1-3H3. The molecule has 0 bridgehead atoms. The van der Waals surface area contributed by atoms with Crippen molar-refractivity contribution in [1.82, 2.24) is 0 Å². The van der Waals surface area contributed by atoms with Crippen LogP contribution in [-0.2, 0) is 9.84 Å². The van der Waals surface area contributed by atoms with E-state index in [0.29, 0.717) is 5.56 Å². The van der Waals surface area contributed by atoms with Crippen LogP contribution in [0.2, 0.25) is 0 Å². The molecule has 100 valence electrons. The summed E-state index contributed by atoms with van der Waals surface area (Å²) in [7, 11) is -3.37. The molecule has 1 aromatic carbocycles. The Balaban J connectivity index is 2.87. The van der Waals surface area contributed by atoms with Crippen molar-refractivity contribution in [3.05, 3.63) is 35.9 Å². The Morgan fingerprint density at radius 1 is 1.17 bits per heavy atom. The first-order chi connectivity index (χ1) is 8.38. The van der Waals surface area contributed by atoms with Crippen molar-refractivity contribution >= 4 is 15.6 Å². The molecule has 1 rings (SSSR count). The molecule has 0 aromatic heterocycles. The molecule has 0 radical (unpaired) electrons. The molecule has 4 heteroatoms. The number of Topliss-reactive ketones (excluding diaryl/α,β-unsaturated/α-hetero) is 1. The summed E-state index contributed by atoms with van der Waals surface area (Å²) < 4.78 is 24.2. The van der Waals surface area contributed by atoms with Gasteiger partial charge in [0.05, 0.1) is 5.75 Å². The molecule has 2 atom stereocenters. The average molecular weight is 268 g/mol. The number of carbonyl (C=O) groups is 1. The fourth-order valence-electron chi connectivity index (χ4n) is 1.66. The zero-order valence-electron chi connectivity index (χ0n) is 11.1. The summed E-state index contributed by atoms with van der Waals surface area (Å²) in [6, 6.07) is 8.58. The van der Waals surface area contributed by atoms with E-state index in [0.717, 1.165) is 6.42 Å². The molecule has 0 amide bonds. The predicted molar refractivity (Wildman–Crippen MR) is 73.5 cm³/mol. The molecule has 0 saturated heterocycles. The largest absolute Gasteiger partial charge is 0.293 e. The second-order valence-electron chi connectivity index (χ2n) is 4.72. The highest BCUT2D eigenvalue weighted by atomic mass is 32.2. The quantitative estimate of drug-likeness (QED) is 0.745. The molecule has 2 unspecified atom stereocenters. The van der Waals surface area contributed by atoms with Crippen LogP contribution in [0.4, 0.5) is 0 Å². The number of ketones is 1. The summed E-state index contributed by atoms with van der Waals surface area (Å²) in [5.41, 5.74) is 0.456. The zero-order chi connectivity index (χ0) is 13.8. The Labute approximate surface area is 109 Å². The lowest BCUT2D eigenvalue weighted by molar-refractivity contribution is 0.0991. The number of hydrogen-bond acceptors (Lipinski definition) is 3. The minimum absolute atomic E-state index is 0.0727. The van der Waals surface area contributed by atoms with E-state index in [-0.39, 0.29) is 17.5 Å². The van der Waals surface area contributed by atoms with Gasteiger partial charge in [0.2, 0.25) is 0 Å². The third-order valence-corrected chi connectivity index (χ3v) is 5.51. The zero-order valence-corrected chi connectivity index (χ0v) is 11.9. The van der Waals surface area contributed by atoms with Crippen molar-refractivity contribution in [3.8, 4) is 0 Å². The van der Waals surface area contributed by atoms with E-state index >= 15 is 0 Å². The van der Waals surface area contributed by atoms with E-state index in [1.807, 2.05) is 13.8 Å². The molecule has 0 aliphatic heterocycles. The molecule has 0 heterocycles. The third-order valence-electron chi connectivity index (χ3n) is 3.18. The molecule has 0 N–H and O–H groups in total. The van der Waals surface area contributed by atoms with Gasteiger partial charge >= 0.3 is 0 Å². The molecule has 3 nitrogen and oxygen atoms in total. The van der Waals surface area contributed by atoms with Crippen LogP contribution in [0, 0.1) is 5.92 Å². The van der Waals surface area contributed by atoms with Gasteiger partial charge in [-0.15, -0.1) is 0 Å². The Bertz CT molecular complexity index is 491. The van der Waals surface area contributed by atoms with Crippen molar-refractivity contribution in [2.75, 3.05) is 5.75 Å². The highest BCUT2D eigenvalue weighted by molar-refractivity contribution is 7.92. The van der Waals surface area contributed by atoms with E-state index in [1.165, 1.54) is 6.92 Å². The van der Waals surface area contributed by atoms with Crippen molar-refractivity contribution < 1.29 is 13.2 Å². The van der Waals surface area contributed by atoms with Crippen LogP contribution in [0.15, 0.2) is 30.3 Å². The van der Waals surface area contributed by atoms with E-state index in [1.54, 1.807) is 30.3 Å². The van der Waals surface area contributed by atoms with Gasteiger partial charge < -0.3 is 0 Å². The van der Waals surface area contributed by atoms with Crippen molar-refractivity contribution in [2.45, 2.75) is 32.4 Å². The molecule has 0 spiro atoms. The average Bonchev–Trinajstić information content (AvgIpc) is 2.37. The van der Waals surface area contributed by atoms with E-state index in [2.05, 4.69) is 0 Å². The molecular formula is C14H20O3S. The Kier molecular flexibility index (Phi) is 5.08. The lowest BCUT2D eigenvalue weighted by Crippen LogP contribution is -2.31. The van der Waals surface area contributed by atoms with Crippen LogP contribution in [0.5, 0.6) is 0 Å². The van der Waals surface area contributed by atoms with Gasteiger partial charge in [-0.05, 0) is 12.8 Å².